The highest BCUT2D eigenvalue weighted by atomic mass is 35.5. The average Bonchev–Trinajstić information content (AvgIpc) is 2.93. The van der Waals surface area contributed by atoms with Crippen molar-refractivity contribution in [1.82, 2.24) is 4.90 Å². The van der Waals surface area contributed by atoms with Crippen molar-refractivity contribution >= 4 is 58.0 Å². The van der Waals surface area contributed by atoms with Gasteiger partial charge < -0.3 is 0 Å². The number of hydrogen-bond acceptors (Lipinski definition) is 4. The molecule has 2 aromatic rings. The Kier molecular flexibility index (Phi) is 6.46. The van der Waals surface area contributed by atoms with Crippen molar-refractivity contribution in [2.45, 2.75) is 18.2 Å². The van der Waals surface area contributed by atoms with Gasteiger partial charge in [-0.1, -0.05) is 30.7 Å². The first kappa shape index (κ1) is 19.1. The number of halogens is 1. The number of carbonyl (C=O) groups is 1. The van der Waals surface area contributed by atoms with E-state index in [0.29, 0.717) is 21.6 Å². The van der Waals surface area contributed by atoms with E-state index in [4.69, 9.17) is 11.6 Å². The minimum Gasteiger partial charge on any atom is -0.286 e. The fraction of sp³-hybridized carbons (Fsp3) is 0.200. The first-order valence-corrected chi connectivity index (χ1v) is 10.7. The van der Waals surface area contributed by atoms with Crippen molar-refractivity contribution in [3.63, 3.8) is 0 Å². The lowest BCUT2D eigenvalue weighted by atomic mass is 10.2. The Labute approximate surface area is 167 Å². The SMILES string of the molecule is CCCN1C(=O)/C(=C/c2ccc(SC)cc2)SC1=Nc1ccc(Cl)cc1. The standard InChI is InChI=1S/C20H19ClN2OS2/c1-3-12-23-19(24)18(13-14-4-10-17(25-2)11-5-14)26-20(23)22-16-8-6-15(21)7-9-16/h4-11,13H,3,12H2,1-2H3/b18-13-,22-20?. The van der Waals surface area contributed by atoms with Gasteiger partial charge in [-0.3, -0.25) is 9.69 Å². The number of hydrogen-bond donors (Lipinski definition) is 0. The zero-order chi connectivity index (χ0) is 18.5. The van der Waals surface area contributed by atoms with Crippen molar-refractivity contribution in [1.29, 1.82) is 0 Å². The monoisotopic (exact) mass is 402 g/mol. The molecule has 1 amide bonds. The first-order valence-electron chi connectivity index (χ1n) is 8.30. The third-order valence-electron chi connectivity index (χ3n) is 3.80. The first-order chi connectivity index (χ1) is 12.6. The quantitative estimate of drug-likeness (QED) is 0.449. The zero-order valence-electron chi connectivity index (χ0n) is 14.6. The zero-order valence-corrected chi connectivity index (χ0v) is 17.0. The van der Waals surface area contributed by atoms with Gasteiger partial charge in [0.05, 0.1) is 10.6 Å². The van der Waals surface area contributed by atoms with Crippen LogP contribution in [-0.4, -0.2) is 28.8 Å². The van der Waals surface area contributed by atoms with Crippen molar-refractivity contribution in [3.05, 3.63) is 64.0 Å². The van der Waals surface area contributed by atoms with E-state index in [2.05, 4.69) is 24.0 Å². The summed E-state index contributed by atoms with van der Waals surface area (Å²) >= 11 is 9.06. The summed E-state index contributed by atoms with van der Waals surface area (Å²) < 4.78 is 0. The molecule has 0 atom stereocenters. The second kappa shape index (κ2) is 8.80. The molecule has 0 N–H and O–H groups in total. The van der Waals surface area contributed by atoms with Crippen LogP contribution < -0.4 is 0 Å². The third kappa shape index (κ3) is 4.53. The van der Waals surface area contributed by atoms with Crippen LogP contribution in [0.2, 0.25) is 5.02 Å². The molecule has 0 saturated carbocycles. The molecule has 1 heterocycles. The number of amides is 1. The predicted molar refractivity (Wildman–Crippen MR) is 114 cm³/mol. The van der Waals surface area contributed by atoms with E-state index in [1.165, 1.54) is 16.7 Å². The number of nitrogens with zero attached hydrogens (tertiary/aromatic N) is 2. The predicted octanol–water partition coefficient (Wildman–Crippen LogP) is 6.08. The molecule has 3 nitrogen and oxygen atoms in total. The Morgan fingerprint density at radius 1 is 1.15 bits per heavy atom. The normalized spacial score (nSPS) is 17.5. The number of amidine groups is 1. The Balaban J connectivity index is 1.89. The second-order valence-corrected chi connectivity index (χ2v) is 8.04. The van der Waals surface area contributed by atoms with Crippen molar-refractivity contribution in [2.24, 2.45) is 4.99 Å². The van der Waals surface area contributed by atoms with Crippen LogP contribution in [0.4, 0.5) is 5.69 Å². The van der Waals surface area contributed by atoms with Crippen LogP contribution in [0.25, 0.3) is 6.08 Å². The lowest BCUT2D eigenvalue weighted by molar-refractivity contribution is -0.122. The van der Waals surface area contributed by atoms with Crippen LogP contribution in [0.15, 0.2) is 63.3 Å². The summed E-state index contributed by atoms with van der Waals surface area (Å²) in [7, 11) is 0. The minimum atomic E-state index is 0.0125. The van der Waals surface area contributed by atoms with E-state index in [1.54, 1.807) is 28.8 Å². The van der Waals surface area contributed by atoms with E-state index >= 15 is 0 Å². The summed E-state index contributed by atoms with van der Waals surface area (Å²) in [6, 6.07) is 15.5. The molecule has 0 spiro atoms. The Hall–Kier alpha value is -1.69. The highest BCUT2D eigenvalue weighted by Gasteiger charge is 2.32. The molecule has 134 valence electrons. The highest BCUT2D eigenvalue weighted by molar-refractivity contribution is 8.18. The van der Waals surface area contributed by atoms with Crippen LogP contribution in [0, 0.1) is 0 Å². The Bertz CT molecular complexity index is 845. The largest absolute Gasteiger partial charge is 0.286 e. The molecule has 1 aliphatic heterocycles. The molecular weight excluding hydrogens is 384 g/mol. The molecule has 1 fully saturated rings. The maximum Gasteiger partial charge on any atom is 0.266 e. The third-order valence-corrected chi connectivity index (χ3v) is 5.80. The van der Waals surface area contributed by atoms with E-state index in [-0.39, 0.29) is 5.91 Å². The second-order valence-electron chi connectivity index (χ2n) is 5.71. The van der Waals surface area contributed by atoms with Gasteiger partial charge in [-0.25, -0.2) is 4.99 Å². The van der Waals surface area contributed by atoms with Crippen LogP contribution in [-0.2, 0) is 4.79 Å². The average molecular weight is 403 g/mol. The van der Waals surface area contributed by atoms with Gasteiger partial charge in [0.25, 0.3) is 5.91 Å². The highest BCUT2D eigenvalue weighted by Crippen LogP contribution is 2.34. The van der Waals surface area contributed by atoms with Gasteiger partial charge in [-0.2, -0.15) is 0 Å². The molecule has 0 aromatic heterocycles. The van der Waals surface area contributed by atoms with Crippen LogP contribution in [0.1, 0.15) is 18.9 Å². The molecule has 0 aliphatic carbocycles. The molecule has 2 aromatic carbocycles. The van der Waals surface area contributed by atoms with E-state index in [9.17, 15) is 4.79 Å². The van der Waals surface area contributed by atoms with Crippen molar-refractivity contribution < 1.29 is 4.79 Å². The number of rotatable bonds is 5. The smallest absolute Gasteiger partial charge is 0.266 e. The molecule has 26 heavy (non-hydrogen) atoms. The molecule has 0 bridgehead atoms. The summed E-state index contributed by atoms with van der Waals surface area (Å²) in [6.45, 7) is 2.71. The Morgan fingerprint density at radius 2 is 1.85 bits per heavy atom. The van der Waals surface area contributed by atoms with E-state index < -0.39 is 0 Å². The number of benzene rings is 2. The van der Waals surface area contributed by atoms with Gasteiger partial charge in [-0.15, -0.1) is 11.8 Å². The summed E-state index contributed by atoms with van der Waals surface area (Å²) in [5, 5.41) is 1.38. The van der Waals surface area contributed by atoms with Gasteiger partial charge in [0.2, 0.25) is 0 Å². The summed E-state index contributed by atoms with van der Waals surface area (Å²) in [6.07, 6.45) is 4.86. The maximum absolute atomic E-state index is 12.8. The number of aliphatic imine (C=N–C) groups is 1. The van der Waals surface area contributed by atoms with Gasteiger partial charge in [0, 0.05) is 16.5 Å². The summed E-state index contributed by atoms with van der Waals surface area (Å²) in [4.78, 5) is 21.1. The van der Waals surface area contributed by atoms with Gasteiger partial charge >= 0.3 is 0 Å². The van der Waals surface area contributed by atoms with Gasteiger partial charge in [0.15, 0.2) is 5.17 Å². The van der Waals surface area contributed by atoms with E-state index in [1.807, 2.05) is 36.6 Å². The molecule has 1 aliphatic rings. The maximum atomic E-state index is 12.8. The lowest BCUT2D eigenvalue weighted by Crippen LogP contribution is -2.29. The van der Waals surface area contributed by atoms with Gasteiger partial charge in [-0.05, 0) is 72.5 Å². The molecule has 6 heteroatoms. The van der Waals surface area contributed by atoms with Crippen molar-refractivity contribution in [3.8, 4) is 0 Å². The molecule has 0 unspecified atom stereocenters. The number of thioether (sulfide) groups is 2. The number of carbonyl (C=O) groups excluding carboxylic acids is 1. The lowest BCUT2D eigenvalue weighted by Gasteiger charge is -2.13. The topological polar surface area (TPSA) is 32.7 Å². The minimum absolute atomic E-state index is 0.0125. The van der Waals surface area contributed by atoms with Crippen LogP contribution in [0.5, 0.6) is 0 Å². The van der Waals surface area contributed by atoms with Crippen molar-refractivity contribution in [2.75, 3.05) is 12.8 Å². The fourth-order valence-corrected chi connectivity index (χ4v) is 4.05. The molecule has 3 rings (SSSR count). The van der Waals surface area contributed by atoms with Crippen LogP contribution >= 0.6 is 35.1 Å². The van der Waals surface area contributed by atoms with Crippen LogP contribution in [0.3, 0.4) is 0 Å². The fourth-order valence-electron chi connectivity index (χ4n) is 2.49. The van der Waals surface area contributed by atoms with Gasteiger partial charge in [0.1, 0.15) is 0 Å². The van der Waals surface area contributed by atoms with E-state index in [0.717, 1.165) is 17.7 Å². The molecule has 0 radical (unpaired) electrons. The molecular formula is C20H19ClN2OS2. The molecule has 1 saturated heterocycles. The summed E-state index contributed by atoms with van der Waals surface area (Å²) in [5.41, 5.74) is 1.80. The summed E-state index contributed by atoms with van der Waals surface area (Å²) in [5.74, 6) is 0.0125. The Morgan fingerprint density at radius 3 is 2.46 bits per heavy atom.